The van der Waals surface area contributed by atoms with Crippen LogP contribution in [0.5, 0.6) is 0 Å². The predicted molar refractivity (Wildman–Crippen MR) is 76.2 cm³/mol. The van der Waals surface area contributed by atoms with E-state index in [1.54, 1.807) is 5.57 Å². The summed E-state index contributed by atoms with van der Waals surface area (Å²) in [7, 11) is 0. The molecule has 4 aliphatic carbocycles. The molecule has 0 aromatic carbocycles. The third-order valence-corrected chi connectivity index (χ3v) is 5.80. The summed E-state index contributed by atoms with van der Waals surface area (Å²) in [5.41, 5.74) is 3.56. The van der Waals surface area contributed by atoms with Crippen molar-refractivity contribution in [1.29, 1.82) is 0 Å². The molecule has 0 aromatic heterocycles. The van der Waals surface area contributed by atoms with Gasteiger partial charge < -0.3 is 0 Å². The van der Waals surface area contributed by atoms with E-state index in [1.165, 1.54) is 51.4 Å². The van der Waals surface area contributed by atoms with Crippen molar-refractivity contribution in [2.75, 3.05) is 0 Å². The van der Waals surface area contributed by atoms with Crippen molar-refractivity contribution in [3.05, 3.63) is 35.5 Å². The van der Waals surface area contributed by atoms with E-state index in [9.17, 15) is 0 Å². The molecule has 0 amide bonds. The molecule has 96 valence electrons. The molecular formula is C18H24. The van der Waals surface area contributed by atoms with Gasteiger partial charge in [-0.15, -0.1) is 0 Å². The van der Waals surface area contributed by atoms with Crippen LogP contribution in [-0.4, -0.2) is 0 Å². The summed E-state index contributed by atoms with van der Waals surface area (Å²) < 4.78 is 0. The number of allylic oxidation sites excluding steroid dienone is 6. The average molecular weight is 240 g/mol. The SMILES string of the molecule is C1=CC2CCCCC2=C1C1C=CC2CCCCC21. The van der Waals surface area contributed by atoms with Crippen molar-refractivity contribution >= 4 is 0 Å². The molecule has 4 unspecified atom stereocenters. The molecule has 0 saturated heterocycles. The third-order valence-electron chi connectivity index (χ3n) is 5.80. The van der Waals surface area contributed by atoms with Crippen LogP contribution in [0.25, 0.3) is 0 Å². The Kier molecular flexibility index (Phi) is 2.71. The van der Waals surface area contributed by atoms with E-state index in [1.807, 2.05) is 5.57 Å². The highest BCUT2D eigenvalue weighted by Gasteiger charge is 2.37. The molecule has 0 aromatic rings. The molecule has 2 fully saturated rings. The lowest BCUT2D eigenvalue weighted by atomic mass is 9.73. The van der Waals surface area contributed by atoms with Gasteiger partial charge >= 0.3 is 0 Å². The Balaban J connectivity index is 1.63. The molecular weight excluding hydrogens is 216 g/mol. The Morgan fingerprint density at radius 1 is 0.833 bits per heavy atom. The van der Waals surface area contributed by atoms with Gasteiger partial charge in [-0.1, -0.05) is 49.1 Å². The average Bonchev–Trinajstić information content (AvgIpc) is 3.01. The maximum Gasteiger partial charge on any atom is 0.00516 e. The zero-order valence-corrected chi connectivity index (χ0v) is 11.3. The topological polar surface area (TPSA) is 0 Å². The quantitative estimate of drug-likeness (QED) is 0.564. The molecule has 18 heavy (non-hydrogen) atoms. The normalized spacial score (nSPS) is 42.2. The monoisotopic (exact) mass is 240 g/mol. The lowest BCUT2D eigenvalue weighted by molar-refractivity contribution is 0.266. The fourth-order valence-electron chi connectivity index (χ4n) is 4.87. The standard InChI is InChI=1S/C18H24/c1-3-7-15-13(5-1)9-11-17(15)18-12-10-14-6-2-4-8-16(14)18/h9-15,17H,1-8H2. The molecule has 4 atom stereocenters. The van der Waals surface area contributed by atoms with Crippen LogP contribution in [-0.2, 0) is 0 Å². The number of rotatable bonds is 1. The zero-order chi connectivity index (χ0) is 11.9. The highest BCUT2D eigenvalue weighted by atomic mass is 14.4. The van der Waals surface area contributed by atoms with Gasteiger partial charge in [0.25, 0.3) is 0 Å². The van der Waals surface area contributed by atoms with Crippen LogP contribution >= 0.6 is 0 Å². The van der Waals surface area contributed by atoms with E-state index in [0.29, 0.717) is 0 Å². The number of hydrogen-bond acceptors (Lipinski definition) is 0. The largest absolute Gasteiger partial charge is 0.0845 e. The van der Waals surface area contributed by atoms with Crippen LogP contribution < -0.4 is 0 Å². The fraction of sp³-hybridized carbons (Fsp3) is 0.667. The van der Waals surface area contributed by atoms with Gasteiger partial charge in [0.2, 0.25) is 0 Å². The maximum atomic E-state index is 2.56. The van der Waals surface area contributed by atoms with E-state index in [4.69, 9.17) is 0 Å². The Labute approximate surface area is 111 Å². The van der Waals surface area contributed by atoms with Gasteiger partial charge in [0.15, 0.2) is 0 Å². The Bertz CT molecular complexity index is 423. The van der Waals surface area contributed by atoms with E-state index < -0.39 is 0 Å². The zero-order valence-electron chi connectivity index (χ0n) is 11.3. The van der Waals surface area contributed by atoms with E-state index in [0.717, 1.165) is 23.7 Å². The van der Waals surface area contributed by atoms with Crippen LogP contribution in [0.2, 0.25) is 0 Å². The Hall–Kier alpha value is -0.780. The molecule has 0 nitrogen and oxygen atoms in total. The molecule has 2 saturated carbocycles. The van der Waals surface area contributed by atoms with Crippen molar-refractivity contribution in [3.63, 3.8) is 0 Å². The summed E-state index contributed by atoms with van der Waals surface area (Å²) in [6.07, 6.45) is 21.6. The predicted octanol–water partition coefficient (Wildman–Crippen LogP) is 5.04. The van der Waals surface area contributed by atoms with Crippen LogP contribution in [0.1, 0.15) is 51.4 Å². The van der Waals surface area contributed by atoms with Crippen LogP contribution in [0, 0.1) is 23.7 Å². The first-order valence-corrected chi connectivity index (χ1v) is 8.03. The first-order valence-electron chi connectivity index (χ1n) is 8.03. The Morgan fingerprint density at radius 3 is 2.72 bits per heavy atom. The molecule has 0 radical (unpaired) electrons. The van der Waals surface area contributed by atoms with Gasteiger partial charge in [-0.25, -0.2) is 0 Å². The summed E-state index contributed by atoms with van der Waals surface area (Å²) in [5, 5.41) is 0. The minimum atomic E-state index is 0.782. The minimum absolute atomic E-state index is 0.782. The third kappa shape index (κ3) is 1.65. The van der Waals surface area contributed by atoms with Crippen molar-refractivity contribution in [3.8, 4) is 0 Å². The van der Waals surface area contributed by atoms with Gasteiger partial charge in [-0.05, 0) is 55.4 Å². The van der Waals surface area contributed by atoms with Crippen LogP contribution in [0.15, 0.2) is 35.5 Å². The first kappa shape index (κ1) is 11.1. The summed E-state index contributed by atoms with van der Waals surface area (Å²) in [6, 6.07) is 0. The first-order chi connectivity index (χ1) is 8.93. The smallest absolute Gasteiger partial charge is 0.00516 e. The van der Waals surface area contributed by atoms with Gasteiger partial charge in [-0.2, -0.15) is 0 Å². The maximum absolute atomic E-state index is 2.56. The molecule has 4 aliphatic rings. The summed E-state index contributed by atoms with van der Waals surface area (Å²) in [6.45, 7) is 0. The number of fused-ring (bicyclic) bond motifs is 2. The second-order valence-electron chi connectivity index (χ2n) is 6.71. The minimum Gasteiger partial charge on any atom is -0.0845 e. The van der Waals surface area contributed by atoms with Crippen LogP contribution in [0.4, 0.5) is 0 Å². The molecule has 0 aliphatic heterocycles. The molecule has 0 heteroatoms. The van der Waals surface area contributed by atoms with Gasteiger partial charge in [0, 0.05) is 5.92 Å². The van der Waals surface area contributed by atoms with E-state index in [2.05, 4.69) is 24.3 Å². The van der Waals surface area contributed by atoms with Crippen molar-refractivity contribution in [1.82, 2.24) is 0 Å². The summed E-state index contributed by atoms with van der Waals surface area (Å²) >= 11 is 0. The van der Waals surface area contributed by atoms with Crippen molar-refractivity contribution in [2.45, 2.75) is 51.4 Å². The summed E-state index contributed by atoms with van der Waals surface area (Å²) in [4.78, 5) is 0. The molecule has 0 heterocycles. The van der Waals surface area contributed by atoms with Crippen molar-refractivity contribution in [2.24, 2.45) is 23.7 Å². The molecule has 0 spiro atoms. The second kappa shape index (κ2) is 4.40. The second-order valence-corrected chi connectivity index (χ2v) is 6.71. The lowest BCUT2D eigenvalue weighted by Gasteiger charge is -2.31. The highest BCUT2D eigenvalue weighted by molar-refractivity contribution is 5.42. The molecule has 4 rings (SSSR count). The van der Waals surface area contributed by atoms with E-state index in [-0.39, 0.29) is 0 Å². The van der Waals surface area contributed by atoms with Gasteiger partial charge in [-0.3, -0.25) is 0 Å². The lowest BCUT2D eigenvalue weighted by Crippen LogP contribution is -2.21. The van der Waals surface area contributed by atoms with E-state index >= 15 is 0 Å². The van der Waals surface area contributed by atoms with Gasteiger partial charge in [0.05, 0.1) is 0 Å². The Morgan fingerprint density at radius 2 is 1.72 bits per heavy atom. The van der Waals surface area contributed by atoms with Gasteiger partial charge in [0.1, 0.15) is 0 Å². The van der Waals surface area contributed by atoms with Crippen LogP contribution in [0.3, 0.4) is 0 Å². The molecule has 0 N–H and O–H groups in total. The van der Waals surface area contributed by atoms with Crippen molar-refractivity contribution < 1.29 is 0 Å². The summed E-state index contributed by atoms with van der Waals surface area (Å²) in [5.74, 6) is 3.47. The number of hydrogen-bond donors (Lipinski definition) is 0. The highest BCUT2D eigenvalue weighted by Crippen LogP contribution is 2.49. The molecule has 0 bridgehead atoms. The fourth-order valence-corrected chi connectivity index (χ4v) is 4.87.